The van der Waals surface area contributed by atoms with Crippen LogP contribution < -0.4 is 0 Å². The van der Waals surface area contributed by atoms with Gasteiger partial charge in [0.25, 0.3) is 0 Å². The van der Waals surface area contributed by atoms with E-state index in [2.05, 4.69) is 27.3 Å². The minimum Gasteiger partial charge on any atom is -0.340 e. The van der Waals surface area contributed by atoms with E-state index in [0.29, 0.717) is 18.4 Å². The summed E-state index contributed by atoms with van der Waals surface area (Å²) in [6.45, 7) is 4.00. The first-order chi connectivity index (χ1) is 9.81. The highest BCUT2D eigenvalue weighted by Gasteiger charge is 2.27. The molecule has 6 heteroatoms. The van der Waals surface area contributed by atoms with Crippen LogP contribution in [0.15, 0.2) is 6.33 Å². The van der Waals surface area contributed by atoms with Crippen molar-refractivity contribution in [2.75, 3.05) is 6.54 Å². The molecule has 1 aliphatic rings. The highest BCUT2D eigenvalue weighted by atomic mass is 16.2. The molecule has 0 saturated carbocycles. The smallest absolute Gasteiger partial charge is 0.222 e. The summed E-state index contributed by atoms with van der Waals surface area (Å²) in [5.74, 6) is 0.350. The van der Waals surface area contributed by atoms with Gasteiger partial charge in [-0.25, -0.2) is 4.68 Å². The number of aryl methyl sites for hydroxylation is 1. The zero-order valence-corrected chi connectivity index (χ0v) is 12.4. The van der Waals surface area contributed by atoms with Crippen LogP contribution in [0.3, 0.4) is 0 Å². The predicted octanol–water partition coefficient (Wildman–Crippen LogP) is 2.02. The monoisotopic (exact) mass is 279 g/mol. The highest BCUT2D eigenvalue weighted by molar-refractivity contribution is 5.76. The van der Waals surface area contributed by atoms with Gasteiger partial charge in [-0.05, 0) is 42.5 Å². The molecule has 1 unspecified atom stereocenters. The second-order valence-corrected chi connectivity index (χ2v) is 5.56. The number of carbonyl (C=O) groups excluding carboxylic acids is 1. The summed E-state index contributed by atoms with van der Waals surface area (Å²) in [6.07, 6.45) is 10.1. The zero-order chi connectivity index (χ0) is 14.2. The van der Waals surface area contributed by atoms with Crippen LogP contribution in [0.2, 0.25) is 0 Å². The molecule has 1 amide bonds. The van der Waals surface area contributed by atoms with Gasteiger partial charge in [0, 0.05) is 25.6 Å². The summed E-state index contributed by atoms with van der Waals surface area (Å²) in [7, 11) is 0. The van der Waals surface area contributed by atoms with Crippen molar-refractivity contribution in [1.82, 2.24) is 25.1 Å². The Bertz CT molecular complexity index is 392. The molecule has 1 aromatic heterocycles. The van der Waals surface area contributed by atoms with Crippen LogP contribution in [0.25, 0.3) is 0 Å². The van der Waals surface area contributed by atoms with Crippen LogP contribution >= 0.6 is 0 Å². The lowest BCUT2D eigenvalue weighted by atomic mass is 10.1. The minimum absolute atomic E-state index is 0.350. The van der Waals surface area contributed by atoms with Gasteiger partial charge in [-0.2, -0.15) is 0 Å². The van der Waals surface area contributed by atoms with Gasteiger partial charge in [0.1, 0.15) is 6.33 Å². The van der Waals surface area contributed by atoms with Crippen molar-refractivity contribution < 1.29 is 4.79 Å². The number of rotatable bonds is 8. The van der Waals surface area contributed by atoms with E-state index in [-0.39, 0.29) is 0 Å². The molecular weight excluding hydrogens is 254 g/mol. The van der Waals surface area contributed by atoms with E-state index in [0.717, 1.165) is 38.8 Å². The van der Waals surface area contributed by atoms with Crippen LogP contribution in [0.1, 0.15) is 58.3 Å². The lowest BCUT2D eigenvalue weighted by molar-refractivity contribution is -0.132. The summed E-state index contributed by atoms with van der Waals surface area (Å²) >= 11 is 0. The zero-order valence-electron chi connectivity index (χ0n) is 12.4. The fraction of sp³-hybridized carbons (Fsp3) is 0.857. The van der Waals surface area contributed by atoms with Crippen molar-refractivity contribution in [3.05, 3.63) is 6.33 Å². The maximum atomic E-state index is 12.2. The molecule has 0 aliphatic carbocycles. The van der Waals surface area contributed by atoms with E-state index >= 15 is 0 Å². The van der Waals surface area contributed by atoms with Crippen LogP contribution in [0.4, 0.5) is 0 Å². The molecule has 0 bridgehead atoms. The Morgan fingerprint density at radius 2 is 2.25 bits per heavy atom. The molecule has 0 N–H and O–H groups in total. The second kappa shape index (κ2) is 7.97. The lowest BCUT2D eigenvalue weighted by Crippen LogP contribution is -2.35. The lowest BCUT2D eigenvalue weighted by Gasteiger charge is -2.24. The maximum Gasteiger partial charge on any atom is 0.222 e. The van der Waals surface area contributed by atoms with Crippen molar-refractivity contribution in [1.29, 1.82) is 0 Å². The Balaban J connectivity index is 1.60. The first kappa shape index (κ1) is 14.9. The number of tetrazole rings is 1. The van der Waals surface area contributed by atoms with Crippen molar-refractivity contribution in [3.63, 3.8) is 0 Å². The first-order valence-corrected chi connectivity index (χ1v) is 7.81. The Labute approximate surface area is 120 Å². The number of unbranched alkanes of at least 4 members (excludes halogenated alkanes) is 2. The SMILES string of the molecule is CCCC1CCCN1C(=O)CCCCCn1cnnn1. The largest absolute Gasteiger partial charge is 0.340 e. The molecule has 2 rings (SSSR count). The van der Waals surface area contributed by atoms with Gasteiger partial charge < -0.3 is 4.90 Å². The van der Waals surface area contributed by atoms with Crippen LogP contribution in [-0.2, 0) is 11.3 Å². The minimum atomic E-state index is 0.350. The van der Waals surface area contributed by atoms with E-state index in [4.69, 9.17) is 0 Å². The first-order valence-electron chi connectivity index (χ1n) is 7.81. The fourth-order valence-corrected chi connectivity index (χ4v) is 2.95. The molecule has 1 fully saturated rings. The molecule has 1 saturated heterocycles. The average molecular weight is 279 g/mol. The summed E-state index contributed by atoms with van der Waals surface area (Å²) < 4.78 is 1.74. The van der Waals surface area contributed by atoms with Crippen molar-refractivity contribution in [2.45, 2.75) is 70.9 Å². The second-order valence-electron chi connectivity index (χ2n) is 5.56. The number of likely N-dealkylation sites (tertiary alicyclic amines) is 1. The molecular formula is C14H25N5O. The molecule has 6 nitrogen and oxygen atoms in total. The van der Waals surface area contributed by atoms with Crippen molar-refractivity contribution >= 4 is 5.91 Å². The molecule has 1 aliphatic heterocycles. The van der Waals surface area contributed by atoms with Gasteiger partial charge in [-0.3, -0.25) is 4.79 Å². The quantitative estimate of drug-likeness (QED) is 0.683. The third-order valence-corrected chi connectivity index (χ3v) is 3.99. The van der Waals surface area contributed by atoms with Crippen molar-refractivity contribution in [2.24, 2.45) is 0 Å². The number of hydrogen-bond acceptors (Lipinski definition) is 4. The maximum absolute atomic E-state index is 12.2. The van der Waals surface area contributed by atoms with Crippen LogP contribution in [0.5, 0.6) is 0 Å². The Morgan fingerprint density at radius 1 is 1.35 bits per heavy atom. The summed E-state index contributed by atoms with van der Waals surface area (Å²) in [4.78, 5) is 14.3. The summed E-state index contributed by atoms with van der Waals surface area (Å²) in [5.41, 5.74) is 0. The van der Waals surface area contributed by atoms with Gasteiger partial charge in [-0.1, -0.05) is 19.8 Å². The number of nitrogens with zero attached hydrogens (tertiary/aromatic N) is 5. The molecule has 0 aromatic carbocycles. The average Bonchev–Trinajstić information content (AvgIpc) is 3.09. The van der Waals surface area contributed by atoms with Crippen LogP contribution in [-0.4, -0.2) is 43.6 Å². The fourth-order valence-electron chi connectivity index (χ4n) is 2.95. The van der Waals surface area contributed by atoms with Gasteiger partial charge in [0.15, 0.2) is 0 Å². The van der Waals surface area contributed by atoms with Gasteiger partial charge in [0.05, 0.1) is 0 Å². The predicted molar refractivity (Wildman–Crippen MR) is 75.9 cm³/mol. The van der Waals surface area contributed by atoms with Crippen LogP contribution in [0, 0.1) is 0 Å². The normalized spacial score (nSPS) is 18.6. The molecule has 112 valence electrons. The molecule has 0 spiro atoms. The molecule has 1 atom stereocenters. The number of amides is 1. The number of carbonyl (C=O) groups is 1. The molecule has 0 radical (unpaired) electrons. The van der Waals surface area contributed by atoms with E-state index in [1.54, 1.807) is 11.0 Å². The van der Waals surface area contributed by atoms with E-state index in [9.17, 15) is 4.79 Å². The number of aromatic nitrogens is 4. The van der Waals surface area contributed by atoms with Gasteiger partial charge in [-0.15, -0.1) is 5.10 Å². The standard InChI is InChI=1S/C14H25N5O/c1-2-7-13-8-6-11-19(13)14(20)9-4-3-5-10-18-12-15-16-17-18/h12-13H,2-11H2,1H3. The molecule has 2 heterocycles. The molecule has 1 aromatic rings. The third-order valence-electron chi connectivity index (χ3n) is 3.99. The van der Waals surface area contributed by atoms with E-state index in [1.807, 2.05) is 0 Å². The molecule has 20 heavy (non-hydrogen) atoms. The van der Waals surface area contributed by atoms with Gasteiger partial charge >= 0.3 is 0 Å². The topological polar surface area (TPSA) is 63.9 Å². The Kier molecular flexibility index (Phi) is 5.95. The third kappa shape index (κ3) is 4.28. The van der Waals surface area contributed by atoms with E-state index < -0.39 is 0 Å². The summed E-state index contributed by atoms with van der Waals surface area (Å²) in [5, 5.41) is 11.0. The van der Waals surface area contributed by atoms with Gasteiger partial charge in [0.2, 0.25) is 5.91 Å². The van der Waals surface area contributed by atoms with E-state index in [1.165, 1.54) is 19.3 Å². The van der Waals surface area contributed by atoms with Crippen molar-refractivity contribution in [3.8, 4) is 0 Å². The Morgan fingerprint density at radius 3 is 3.00 bits per heavy atom. The highest BCUT2D eigenvalue weighted by Crippen LogP contribution is 2.22. The Hall–Kier alpha value is -1.46. The number of hydrogen-bond donors (Lipinski definition) is 0. The summed E-state index contributed by atoms with van der Waals surface area (Å²) in [6, 6.07) is 0.508.